The van der Waals surface area contributed by atoms with E-state index >= 15 is 0 Å². The first-order valence-electron chi connectivity index (χ1n) is 8.06. The smallest absolute Gasteiger partial charge is 0.305 e. The zero-order valence-corrected chi connectivity index (χ0v) is 14.3. The average Bonchev–Trinajstić information content (AvgIpc) is 2.93. The summed E-state index contributed by atoms with van der Waals surface area (Å²) in [6.07, 6.45) is 6.54. The minimum absolute atomic E-state index is 0.0417. The first-order valence-corrected chi connectivity index (χ1v) is 8.88. The maximum Gasteiger partial charge on any atom is 0.305 e. The van der Waals surface area contributed by atoms with Crippen molar-refractivity contribution in [2.24, 2.45) is 5.92 Å². The lowest BCUT2D eigenvalue weighted by atomic mass is 9.90. The van der Waals surface area contributed by atoms with E-state index in [0.717, 1.165) is 42.9 Å². The number of methoxy groups -OCH3 is 1. The monoisotopic (exact) mass is 323 g/mol. The fraction of sp³-hybridized carbons (Fsp3) is 0.647. The van der Waals surface area contributed by atoms with Crippen LogP contribution in [0.25, 0.3) is 0 Å². The highest BCUT2D eigenvalue weighted by Crippen LogP contribution is 2.32. The summed E-state index contributed by atoms with van der Waals surface area (Å²) in [6.45, 7) is 2.94. The lowest BCUT2D eigenvalue weighted by Gasteiger charge is -2.16. The Morgan fingerprint density at radius 1 is 1.36 bits per heavy atom. The second kappa shape index (κ2) is 8.32. The highest BCUT2D eigenvalue weighted by atomic mass is 32.1. The van der Waals surface area contributed by atoms with Gasteiger partial charge in [-0.25, -0.2) is 0 Å². The maximum atomic E-state index is 12.2. The fourth-order valence-electron chi connectivity index (χ4n) is 2.78. The van der Waals surface area contributed by atoms with Gasteiger partial charge in [0.15, 0.2) is 0 Å². The molecule has 1 aliphatic rings. The zero-order valence-electron chi connectivity index (χ0n) is 13.4. The number of amides is 1. The molecule has 0 saturated heterocycles. The molecule has 0 aromatic carbocycles. The van der Waals surface area contributed by atoms with Crippen LogP contribution in [0.5, 0.6) is 0 Å². The SMILES string of the molecule is COC(=O)CCCCCNC(=O)c1cc2c(s1)CC[C@H](C)C2. The number of hydrogen-bond donors (Lipinski definition) is 1. The molecule has 0 radical (unpaired) electrons. The number of carbonyl (C=O) groups excluding carboxylic acids is 2. The average molecular weight is 323 g/mol. The Morgan fingerprint density at radius 3 is 2.95 bits per heavy atom. The molecular formula is C17H25NO3S. The molecule has 5 heteroatoms. The minimum atomic E-state index is -0.164. The van der Waals surface area contributed by atoms with Crippen molar-refractivity contribution in [3.05, 3.63) is 21.4 Å². The minimum Gasteiger partial charge on any atom is -0.469 e. The number of esters is 1. The van der Waals surface area contributed by atoms with Gasteiger partial charge in [-0.2, -0.15) is 0 Å². The molecule has 1 amide bonds. The number of ether oxygens (including phenoxy) is 1. The van der Waals surface area contributed by atoms with Crippen molar-refractivity contribution < 1.29 is 14.3 Å². The van der Waals surface area contributed by atoms with Gasteiger partial charge in [-0.05, 0) is 49.7 Å². The number of thiophene rings is 1. The van der Waals surface area contributed by atoms with Crippen LogP contribution in [-0.2, 0) is 22.4 Å². The number of nitrogens with one attached hydrogen (secondary N) is 1. The molecule has 1 aliphatic carbocycles. The second-order valence-electron chi connectivity index (χ2n) is 6.05. The quantitative estimate of drug-likeness (QED) is 0.618. The molecule has 2 rings (SSSR count). The van der Waals surface area contributed by atoms with E-state index in [1.807, 2.05) is 0 Å². The third-order valence-electron chi connectivity index (χ3n) is 4.12. The van der Waals surface area contributed by atoms with Gasteiger partial charge in [0, 0.05) is 17.8 Å². The van der Waals surface area contributed by atoms with E-state index in [2.05, 4.69) is 23.0 Å². The van der Waals surface area contributed by atoms with Gasteiger partial charge in [-0.15, -0.1) is 11.3 Å². The summed E-state index contributed by atoms with van der Waals surface area (Å²) in [4.78, 5) is 25.4. The summed E-state index contributed by atoms with van der Waals surface area (Å²) >= 11 is 1.65. The summed E-state index contributed by atoms with van der Waals surface area (Å²) < 4.78 is 4.59. The van der Waals surface area contributed by atoms with E-state index in [9.17, 15) is 9.59 Å². The van der Waals surface area contributed by atoms with Crippen LogP contribution in [-0.4, -0.2) is 25.5 Å². The molecule has 1 heterocycles. The van der Waals surface area contributed by atoms with Gasteiger partial charge in [0.05, 0.1) is 12.0 Å². The summed E-state index contributed by atoms with van der Waals surface area (Å²) in [5.74, 6) is 0.607. The Morgan fingerprint density at radius 2 is 2.18 bits per heavy atom. The number of unbranched alkanes of at least 4 members (excludes halogenated alkanes) is 2. The lowest BCUT2D eigenvalue weighted by Crippen LogP contribution is -2.23. The van der Waals surface area contributed by atoms with E-state index in [-0.39, 0.29) is 11.9 Å². The van der Waals surface area contributed by atoms with Crippen molar-refractivity contribution in [3.63, 3.8) is 0 Å². The zero-order chi connectivity index (χ0) is 15.9. The van der Waals surface area contributed by atoms with Gasteiger partial charge < -0.3 is 10.1 Å². The Hall–Kier alpha value is -1.36. The predicted molar refractivity (Wildman–Crippen MR) is 88.3 cm³/mol. The van der Waals surface area contributed by atoms with Crippen LogP contribution in [0, 0.1) is 5.92 Å². The van der Waals surface area contributed by atoms with E-state index in [1.165, 1.54) is 24.0 Å². The summed E-state index contributed by atoms with van der Waals surface area (Å²) in [5, 5.41) is 2.98. The Labute approximate surface area is 136 Å². The Bertz CT molecular complexity index is 524. The van der Waals surface area contributed by atoms with Crippen LogP contribution in [0.1, 0.15) is 59.1 Å². The molecule has 0 unspecified atom stereocenters. The van der Waals surface area contributed by atoms with Crippen LogP contribution in [0.15, 0.2) is 6.07 Å². The van der Waals surface area contributed by atoms with Gasteiger partial charge >= 0.3 is 5.97 Å². The molecule has 0 spiro atoms. The molecule has 1 N–H and O–H groups in total. The van der Waals surface area contributed by atoms with E-state index < -0.39 is 0 Å². The van der Waals surface area contributed by atoms with Gasteiger partial charge in [-0.3, -0.25) is 9.59 Å². The normalized spacial score (nSPS) is 16.9. The first-order chi connectivity index (χ1) is 10.6. The van der Waals surface area contributed by atoms with Crippen LogP contribution in [0.4, 0.5) is 0 Å². The molecule has 0 aliphatic heterocycles. The topological polar surface area (TPSA) is 55.4 Å². The number of aryl methyl sites for hydroxylation is 1. The number of rotatable bonds is 7. The van der Waals surface area contributed by atoms with Crippen LogP contribution < -0.4 is 5.32 Å². The van der Waals surface area contributed by atoms with E-state index in [4.69, 9.17) is 0 Å². The van der Waals surface area contributed by atoms with Gasteiger partial charge in [0.2, 0.25) is 0 Å². The number of fused-ring (bicyclic) bond motifs is 1. The van der Waals surface area contributed by atoms with Crippen molar-refractivity contribution in [2.45, 2.75) is 51.9 Å². The molecule has 1 atom stereocenters. The van der Waals surface area contributed by atoms with Crippen molar-refractivity contribution in [2.75, 3.05) is 13.7 Å². The summed E-state index contributed by atoms with van der Waals surface area (Å²) in [7, 11) is 1.41. The van der Waals surface area contributed by atoms with Crippen LogP contribution >= 0.6 is 11.3 Å². The highest BCUT2D eigenvalue weighted by molar-refractivity contribution is 7.14. The van der Waals surface area contributed by atoms with Crippen molar-refractivity contribution >= 4 is 23.2 Å². The van der Waals surface area contributed by atoms with Gasteiger partial charge in [0.1, 0.15) is 0 Å². The number of carbonyl (C=O) groups is 2. The molecule has 22 heavy (non-hydrogen) atoms. The summed E-state index contributed by atoms with van der Waals surface area (Å²) in [6, 6.07) is 2.07. The van der Waals surface area contributed by atoms with E-state index in [1.54, 1.807) is 11.3 Å². The van der Waals surface area contributed by atoms with Crippen LogP contribution in [0.3, 0.4) is 0 Å². The predicted octanol–water partition coefficient (Wildman–Crippen LogP) is 3.34. The molecule has 4 nitrogen and oxygen atoms in total. The Kier molecular flexibility index (Phi) is 6.43. The lowest BCUT2D eigenvalue weighted by molar-refractivity contribution is -0.140. The molecule has 0 bridgehead atoms. The van der Waals surface area contributed by atoms with Crippen molar-refractivity contribution in [3.8, 4) is 0 Å². The van der Waals surface area contributed by atoms with Crippen molar-refractivity contribution in [1.82, 2.24) is 5.32 Å². The molecular weight excluding hydrogens is 298 g/mol. The standard InChI is InChI=1S/C17H25NO3S/c1-12-7-8-14-13(10-12)11-15(22-14)17(20)18-9-5-3-4-6-16(19)21-2/h11-12H,3-10H2,1-2H3,(H,18,20)/t12-/m0/s1. The maximum absolute atomic E-state index is 12.2. The molecule has 122 valence electrons. The molecule has 0 fully saturated rings. The molecule has 1 aromatic rings. The summed E-state index contributed by atoms with van der Waals surface area (Å²) in [5.41, 5.74) is 1.37. The van der Waals surface area contributed by atoms with E-state index in [0.29, 0.717) is 13.0 Å². The van der Waals surface area contributed by atoms with Crippen molar-refractivity contribution in [1.29, 1.82) is 0 Å². The highest BCUT2D eigenvalue weighted by Gasteiger charge is 2.20. The van der Waals surface area contributed by atoms with Gasteiger partial charge in [-0.1, -0.05) is 13.3 Å². The second-order valence-corrected chi connectivity index (χ2v) is 7.19. The molecule has 0 saturated carbocycles. The molecule has 1 aromatic heterocycles. The first kappa shape index (κ1) is 17.0. The van der Waals surface area contributed by atoms with Gasteiger partial charge in [0.25, 0.3) is 5.91 Å². The van der Waals surface area contributed by atoms with Crippen LogP contribution in [0.2, 0.25) is 0 Å². The third-order valence-corrected chi connectivity index (χ3v) is 5.36. The Balaban J connectivity index is 1.68. The fourth-order valence-corrected chi connectivity index (χ4v) is 3.90. The largest absolute Gasteiger partial charge is 0.469 e. The number of hydrogen-bond acceptors (Lipinski definition) is 4. The third kappa shape index (κ3) is 4.83.